The van der Waals surface area contributed by atoms with Crippen molar-refractivity contribution in [3.8, 4) is 28.3 Å². The van der Waals surface area contributed by atoms with Crippen LogP contribution in [0.5, 0.6) is 5.75 Å². The zero-order chi connectivity index (χ0) is 26.4. The van der Waals surface area contributed by atoms with E-state index in [0.717, 1.165) is 33.3 Å². The average Bonchev–Trinajstić information content (AvgIpc) is 3.24. The highest BCUT2D eigenvalue weighted by Crippen LogP contribution is 2.39. The molecule has 9 heteroatoms. The summed E-state index contributed by atoms with van der Waals surface area (Å²) >= 11 is 9.84. The molecule has 1 amide bonds. The molecule has 0 aliphatic carbocycles. The number of primary amides is 1. The lowest BCUT2D eigenvalue weighted by Gasteiger charge is -2.12. The van der Waals surface area contributed by atoms with Crippen molar-refractivity contribution in [3.63, 3.8) is 0 Å². The third kappa shape index (κ3) is 6.78. The highest BCUT2D eigenvalue weighted by Gasteiger charge is 2.24. The van der Waals surface area contributed by atoms with Gasteiger partial charge in [0.05, 0.1) is 11.4 Å². The topological polar surface area (TPSA) is 107 Å². The van der Waals surface area contributed by atoms with Crippen LogP contribution >= 0.6 is 27.5 Å². The Hall–Kier alpha value is -3.62. The van der Waals surface area contributed by atoms with E-state index in [1.807, 2.05) is 47.1 Å². The number of carbonyl (C=O) groups excluding carboxylic acids is 1. The van der Waals surface area contributed by atoms with Gasteiger partial charge in [-0.05, 0) is 48.7 Å². The minimum absolute atomic E-state index is 0.0844. The number of aliphatic carboxylic acids is 1. The second-order valence-corrected chi connectivity index (χ2v) is 9.78. The third-order valence-electron chi connectivity index (χ3n) is 5.78. The molecular weight excluding hydrogens is 558 g/mol. The predicted molar refractivity (Wildman–Crippen MR) is 147 cm³/mol. The van der Waals surface area contributed by atoms with Crippen LogP contribution in [0.4, 0.5) is 0 Å². The van der Waals surface area contributed by atoms with E-state index in [0.29, 0.717) is 28.6 Å². The predicted octanol–water partition coefficient (Wildman–Crippen LogP) is 5.76. The van der Waals surface area contributed by atoms with E-state index in [2.05, 4.69) is 28.1 Å². The third-order valence-corrected chi connectivity index (χ3v) is 6.54. The fraction of sp³-hybridized carbons (Fsp3) is 0.179. The van der Waals surface area contributed by atoms with Crippen molar-refractivity contribution in [1.82, 2.24) is 9.78 Å². The maximum Gasteiger partial charge on any atom is 0.303 e. The summed E-state index contributed by atoms with van der Waals surface area (Å²) in [6.45, 7) is 0.251. The molecule has 0 atom stereocenters. The van der Waals surface area contributed by atoms with Crippen molar-refractivity contribution in [2.24, 2.45) is 5.73 Å². The number of benzene rings is 3. The van der Waals surface area contributed by atoms with Crippen molar-refractivity contribution in [2.45, 2.75) is 25.8 Å². The van der Waals surface area contributed by atoms with Crippen LogP contribution in [0.1, 0.15) is 17.5 Å². The Bertz CT molecular complexity index is 1410. The van der Waals surface area contributed by atoms with Gasteiger partial charge in [-0.2, -0.15) is 5.10 Å². The number of carboxylic acid groups (broad SMARTS) is 1. The number of aryl methyl sites for hydroxylation is 2. The van der Waals surface area contributed by atoms with Crippen molar-refractivity contribution in [2.75, 3.05) is 6.61 Å². The largest absolute Gasteiger partial charge is 0.483 e. The second-order valence-electron chi connectivity index (χ2n) is 8.43. The molecule has 0 saturated carbocycles. The molecule has 7 nitrogen and oxygen atoms in total. The molecular formula is C28H25BrClN3O4. The Labute approximate surface area is 228 Å². The molecule has 0 unspecified atom stereocenters. The molecule has 3 aromatic carbocycles. The lowest BCUT2D eigenvalue weighted by Crippen LogP contribution is -2.20. The molecule has 0 aliphatic heterocycles. The van der Waals surface area contributed by atoms with Gasteiger partial charge in [-0.1, -0.05) is 70.0 Å². The number of carbonyl (C=O) groups is 2. The van der Waals surface area contributed by atoms with Crippen molar-refractivity contribution >= 4 is 39.4 Å². The van der Waals surface area contributed by atoms with Gasteiger partial charge >= 0.3 is 5.97 Å². The fourth-order valence-electron chi connectivity index (χ4n) is 4.12. The molecule has 190 valence electrons. The van der Waals surface area contributed by atoms with E-state index in [1.165, 1.54) is 0 Å². The molecule has 0 fully saturated rings. The number of hydrogen-bond acceptors (Lipinski definition) is 4. The van der Waals surface area contributed by atoms with Crippen LogP contribution in [0.2, 0.25) is 5.02 Å². The number of nitrogens with two attached hydrogens (primary N) is 1. The Morgan fingerprint density at radius 1 is 1.03 bits per heavy atom. The fourth-order valence-corrected chi connectivity index (χ4v) is 4.56. The zero-order valence-electron chi connectivity index (χ0n) is 19.9. The number of nitrogens with zero attached hydrogens (tertiary/aromatic N) is 2. The molecule has 0 radical (unpaired) electrons. The summed E-state index contributed by atoms with van der Waals surface area (Å²) in [4.78, 5) is 23.0. The standard InChI is InChI=1S/C28H25BrClN3O4/c29-20-8-6-19(7-9-20)28-22(11-13-26(35)36)27(32-33(28)15-14-18-4-2-1-3-5-18)23-16-21(30)10-12-24(23)37-17-25(31)34/h1-10,12,16H,11,13-15,17H2,(H2,31,34)(H,35,36). The maximum atomic E-state index is 11.6. The number of halogens is 2. The summed E-state index contributed by atoms with van der Waals surface area (Å²) in [5, 5.41) is 14.9. The first-order chi connectivity index (χ1) is 17.8. The van der Waals surface area contributed by atoms with Crippen LogP contribution in [0.25, 0.3) is 22.5 Å². The van der Waals surface area contributed by atoms with Crippen LogP contribution in [-0.2, 0) is 29.0 Å². The summed E-state index contributed by atoms with van der Waals surface area (Å²) in [7, 11) is 0. The van der Waals surface area contributed by atoms with Crippen molar-refractivity contribution < 1.29 is 19.4 Å². The molecule has 0 aliphatic rings. The molecule has 4 aromatic rings. The van der Waals surface area contributed by atoms with Crippen LogP contribution in [0, 0.1) is 0 Å². The molecule has 1 aromatic heterocycles. The molecule has 3 N–H and O–H groups in total. The normalized spacial score (nSPS) is 10.9. The van der Waals surface area contributed by atoms with Gasteiger partial charge in [0, 0.05) is 39.2 Å². The Kier molecular flexibility index (Phi) is 8.63. The first-order valence-electron chi connectivity index (χ1n) is 11.6. The summed E-state index contributed by atoms with van der Waals surface area (Å²) in [6.07, 6.45) is 0.882. The van der Waals surface area contributed by atoms with Gasteiger partial charge in [0.15, 0.2) is 6.61 Å². The van der Waals surface area contributed by atoms with Gasteiger partial charge in [-0.25, -0.2) is 0 Å². The van der Waals surface area contributed by atoms with Crippen molar-refractivity contribution in [1.29, 1.82) is 0 Å². The number of rotatable bonds is 11. The average molecular weight is 583 g/mol. The molecule has 0 bridgehead atoms. The van der Waals surface area contributed by atoms with Crippen LogP contribution < -0.4 is 10.5 Å². The zero-order valence-corrected chi connectivity index (χ0v) is 22.2. The number of ether oxygens (including phenoxy) is 1. The Morgan fingerprint density at radius 2 is 1.76 bits per heavy atom. The van der Waals surface area contributed by atoms with Crippen LogP contribution in [-0.4, -0.2) is 33.4 Å². The molecule has 4 rings (SSSR count). The SMILES string of the molecule is NC(=O)COc1ccc(Cl)cc1-c1nn(CCc2ccccc2)c(-c2ccc(Br)cc2)c1CCC(=O)O. The maximum absolute atomic E-state index is 11.6. The number of hydrogen-bond donors (Lipinski definition) is 2. The van der Waals surface area contributed by atoms with Crippen molar-refractivity contribution in [3.05, 3.63) is 93.4 Å². The van der Waals surface area contributed by atoms with E-state index >= 15 is 0 Å². The summed E-state index contributed by atoms with van der Waals surface area (Å²) in [5.41, 5.74) is 10.0. The van der Waals surface area contributed by atoms with Crippen LogP contribution in [0.3, 0.4) is 0 Å². The summed E-state index contributed by atoms with van der Waals surface area (Å²) < 4.78 is 8.51. The van der Waals surface area contributed by atoms with Gasteiger partial charge in [0.2, 0.25) is 0 Å². The smallest absolute Gasteiger partial charge is 0.303 e. The quantitative estimate of drug-likeness (QED) is 0.234. The highest BCUT2D eigenvalue weighted by molar-refractivity contribution is 9.10. The van der Waals surface area contributed by atoms with E-state index in [9.17, 15) is 14.7 Å². The Morgan fingerprint density at radius 3 is 2.43 bits per heavy atom. The minimum atomic E-state index is -0.916. The number of aromatic nitrogens is 2. The first-order valence-corrected chi connectivity index (χ1v) is 12.8. The summed E-state index contributed by atoms with van der Waals surface area (Å²) in [5.74, 6) is -1.15. The molecule has 0 spiro atoms. The molecule has 1 heterocycles. The highest BCUT2D eigenvalue weighted by atomic mass is 79.9. The van der Waals surface area contributed by atoms with E-state index < -0.39 is 11.9 Å². The monoisotopic (exact) mass is 581 g/mol. The van der Waals surface area contributed by atoms with Gasteiger partial charge in [0.1, 0.15) is 5.75 Å². The van der Waals surface area contributed by atoms with Crippen LogP contribution in [0.15, 0.2) is 77.3 Å². The first kappa shape index (κ1) is 26.4. The van der Waals surface area contributed by atoms with E-state index in [4.69, 9.17) is 27.2 Å². The second kappa shape index (κ2) is 12.1. The van der Waals surface area contributed by atoms with E-state index in [-0.39, 0.29) is 19.4 Å². The van der Waals surface area contributed by atoms with Gasteiger partial charge < -0.3 is 15.6 Å². The molecule has 37 heavy (non-hydrogen) atoms. The van der Waals surface area contributed by atoms with Gasteiger partial charge in [-0.15, -0.1) is 0 Å². The lowest BCUT2D eigenvalue weighted by molar-refractivity contribution is -0.137. The number of amides is 1. The molecule has 0 saturated heterocycles. The minimum Gasteiger partial charge on any atom is -0.483 e. The van der Waals surface area contributed by atoms with Gasteiger partial charge in [-0.3, -0.25) is 14.3 Å². The van der Waals surface area contributed by atoms with E-state index in [1.54, 1.807) is 18.2 Å². The van der Waals surface area contributed by atoms with Gasteiger partial charge in [0.25, 0.3) is 5.91 Å². The number of carboxylic acids is 1. The lowest BCUT2D eigenvalue weighted by atomic mass is 9.97. The Balaban J connectivity index is 1.89. The summed E-state index contributed by atoms with van der Waals surface area (Å²) in [6, 6.07) is 22.9.